The van der Waals surface area contributed by atoms with Crippen LogP contribution in [-0.4, -0.2) is 44.0 Å². The standard InChI is InChI=1S/C21H25N3O/c1-23-13-15-24(16-14-23)19-9-7-18(8-10-19)22-20(25)21(11-12-21)17-5-3-2-4-6-17/h2-10H,11-16H2,1H3,(H,22,25). The summed E-state index contributed by atoms with van der Waals surface area (Å²) < 4.78 is 0. The van der Waals surface area contributed by atoms with E-state index in [4.69, 9.17) is 0 Å². The van der Waals surface area contributed by atoms with Crippen molar-refractivity contribution in [2.45, 2.75) is 18.3 Å². The predicted octanol–water partition coefficient (Wildman–Crippen LogP) is 3.11. The minimum absolute atomic E-state index is 0.117. The van der Waals surface area contributed by atoms with Gasteiger partial charge in [0.25, 0.3) is 0 Å². The molecular formula is C21H25N3O. The van der Waals surface area contributed by atoms with Crippen molar-refractivity contribution in [2.24, 2.45) is 0 Å². The van der Waals surface area contributed by atoms with Crippen LogP contribution in [0.1, 0.15) is 18.4 Å². The molecule has 2 fully saturated rings. The number of piperazine rings is 1. The fraction of sp³-hybridized carbons (Fsp3) is 0.381. The maximum atomic E-state index is 12.8. The molecule has 4 nitrogen and oxygen atoms in total. The van der Waals surface area contributed by atoms with E-state index in [1.807, 2.05) is 30.3 Å². The fourth-order valence-corrected chi connectivity index (χ4v) is 3.60. The van der Waals surface area contributed by atoms with Gasteiger partial charge in [-0.3, -0.25) is 4.79 Å². The van der Waals surface area contributed by atoms with Crippen molar-refractivity contribution in [3.05, 3.63) is 60.2 Å². The molecule has 25 heavy (non-hydrogen) atoms. The van der Waals surface area contributed by atoms with Gasteiger partial charge in [0.05, 0.1) is 5.41 Å². The minimum Gasteiger partial charge on any atom is -0.369 e. The maximum Gasteiger partial charge on any atom is 0.235 e. The van der Waals surface area contributed by atoms with Crippen LogP contribution < -0.4 is 10.2 Å². The van der Waals surface area contributed by atoms with Gasteiger partial charge < -0.3 is 15.1 Å². The number of carbonyl (C=O) groups excluding carboxylic acids is 1. The van der Waals surface area contributed by atoms with Gasteiger partial charge in [-0.15, -0.1) is 0 Å². The Morgan fingerprint density at radius 2 is 1.56 bits per heavy atom. The third-order valence-electron chi connectivity index (χ3n) is 5.50. The lowest BCUT2D eigenvalue weighted by molar-refractivity contribution is -0.118. The van der Waals surface area contributed by atoms with Crippen LogP contribution in [0.5, 0.6) is 0 Å². The van der Waals surface area contributed by atoms with E-state index < -0.39 is 0 Å². The van der Waals surface area contributed by atoms with Crippen molar-refractivity contribution in [3.8, 4) is 0 Å². The summed E-state index contributed by atoms with van der Waals surface area (Å²) >= 11 is 0. The normalized spacial score (nSPS) is 19.5. The van der Waals surface area contributed by atoms with E-state index in [0.717, 1.165) is 50.3 Å². The van der Waals surface area contributed by atoms with Crippen LogP contribution in [0.4, 0.5) is 11.4 Å². The highest BCUT2D eigenvalue weighted by molar-refractivity contribution is 6.01. The topological polar surface area (TPSA) is 35.6 Å². The molecule has 0 unspecified atom stereocenters. The number of nitrogens with zero attached hydrogens (tertiary/aromatic N) is 2. The van der Waals surface area contributed by atoms with Crippen LogP contribution in [-0.2, 0) is 10.2 Å². The van der Waals surface area contributed by atoms with Crippen LogP contribution in [0, 0.1) is 0 Å². The number of benzene rings is 2. The largest absolute Gasteiger partial charge is 0.369 e. The molecule has 1 heterocycles. The maximum absolute atomic E-state index is 12.8. The molecule has 130 valence electrons. The second kappa shape index (κ2) is 6.52. The summed E-state index contributed by atoms with van der Waals surface area (Å²) in [5.41, 5.74) is 2.92. The van der Waals surface area contributed by atoms with Crippen LogP contribution in [0.2, 0.25) is 0 Å². The van der Waals surface area contributed by atoms with E-state index in [2.05, 4.69) is 46.4 Å². The second-order valence-corrected chi connectivity index (χ2v) is 7.24. The highest BCUT2D eigenvalue weighted by Crippen LogP contribution is 2.48. The van der Waals surface area contributed by atoms with Gasteiger partial charge >= 0.3 is 0 Å². The summed E-state index contributed by atoms with van der Waals surface area (Å²) in [6.45, 7) is 4.30. The SMILES string of the molecule is CN1CCN(c2ccc(NC(=O)C3(c4ccccc4)CC3)cc2)CC1. The lowest BCUT2D eigenvalue weighted by Crippen LogP contribution is -2.44. The molecule has 1 saturated carbocycles. The van der Waals surface area contributed by atoms with Crippen molar-refractivity contribution in [1.82, 2.24) is 4.90 Å². The Hall–Kier alpha value is -2.33. The van der Waals surface area contributed by atoms with Gasteiger partial charge in [0, 0.05) is 37.6 Å². The summed E-state index contributed by atoms with van der Waals surface area (Å²) in [5.74, 6) is 0.117. The van der Waals surface area contributed by atoms with E-state index in [1.54, 1.807) is 0 Å². The Kier molecular flexibility index (Phi) is 4.22. The number of carbonyl (C=O) groups is 1. The lowest BCUT2D eigenvalue weighted by Gasteiger charge is -2.34. The third kappa shape index (κ3) is 3.27. The summed E-state index contributed by atoms with van der Waals surface area (Å²) in [5, 5.41) is 3.11. The van der Waals surface area contributed by atoms with Gasteiger partial charge in [-0.05, 0) is 49.7 Å². The Labute approximate surface area is 149 Å². The van der Waals surface area contributed by atoms with Crippen molar-refractivity contribution in [3.63, 3.8) is 0 Å². The Morgan fingerprint density at radius 3 is 2.16 bits per heavy atom. The monoisotopic (exact) mass is 335 g/mol. The molecule has 1 aliphatic heterocycles. The molecule has 1 saturated heterocycles. The molecule has 0 bridgehead atoms. The smallest absolute Gasteiger partial charge is 0.235 e. The van der Waals surface area contributed by atoms with Crippen LogP contribution in [0.3, 0.4) is 0 Å². The van der Waals surface area contributed by atoms with Crippen molar-refractivity contribution in [1.29, 1.82) is 0 Å². The van der Waals surface area contributed by atoms with E-state index in [1.165, 1.54) is 5.69 Å². The van der Waals surface area contributed by atoms with Crippen LogP contribution >= 0.6 is 0 Å². The molecule has 0 aromatic heterocycles. The molecular weight excluding hydrogens is 310 g/mol. The van der Waals surface area contributed by atoms with Gasteiger partial charge in [0.1, 0.15) is 0 Å². The lowest BCUT2D eigenvalue weighted by atomic mass is 9.95. The molecule has 0 spiro atoms. The summed E-state index contributed by atoms with van der Waals surface area (Å²) in [4.78, 5) is 17.5. The first-order valence-electron chi connectivity index (χ1n) is 9.08. The third-order valence-corrected chi connectivity index (χ3v) is 5.50. The average Bonchev–Trinajstić information content (AvgIpc) is 3.46. The second-order valence-electron chi connectivity index (χ2n) is 7.24. The van der Waals surface area contributed by atoms with Gasteiger partial charge in [-0.1, -0.05) is 30.3 Å². The number of hydrogen-bond acceptors (Lipinski definition) is 3. The summed E-state index contributed by atoms with van der Waals surface area (Å²) in [6.07, 6.45) is 1.87. The Morgan fingerprint density at radius 1 is 0.920 bits per heavy atom. The van der Waals surface area contributed by atoms with E-state index in [0.29, 0.717) is 0 Å². The quantitative estimate of drug-likeness (QED) is 0.932. The molecule has 4 heteroatoms. The van der Waals surface area contributed by atoms with Gasteiger partial charge in [-0.2, -0.15) is 0 Å². The first-order chi connectivity index (χ1) is 12.2. The number of likely N-dealkylation sites (N-methyl/N-ethyl adjacent to an activating group) is 1. The number of anilines is 2. The number of hydrogen-bond donors (Lipinski definition) is 1. The number of amides is 1. The van der Waals surface area contributed by atoms with Crippen molar-refractivity contribution >= 4 is 17.3 Å². The zero-order valence-corrected chi connectivity index (χ0v) is 14.7. The molecule has 1 aliphatic carbocycles. The van der Waals surface area contributed by atoms with E-state index in [-0.39, 0.29) is 11.3 Å². The zero-order chi connectivity index (χ0) is 17.3. The summed E-state index contributed by atoms with van der Waals surface area (Å²) in [7, 11) is 2.16. The van der Waals surface area contributed by atoms with Crippen LogP contribution in [0.25, 0.3) is 0 Å². The Balaban J connectivity index is 1.42. The highest BCUT2D eigenvalue weighted by Gasteiger charge is 2.51. The molecule has 0 atom stereocenters. The molecule has 1 amide bonds. The van der Waals surface area contributed by atoms with Crippen molar-refractivity contribution in [2.75, 3.05) is 43.4 Å². The first-order valence-corrected chi connectivity index (χ1v) is 9.08. The summed E-state index contributed by atoms with van der Waals surface area (Å²) in [6, 6.07) is 18.4. The van der Waals surface area contributed by atoms with Gasteiger partial charge in [-0.25, -0.2) is 0 Å². The molecule has 1 N–H and O–H groups in total. The molecule has 2 aromatic rings. The first kappa shape index (κ1) is 16.2. The predicted molar refractivity (Wildman–Crippen MR) is 102 cm³/mol. The molecule has 0 radical (unpaired) electrons. The van der Waals surface area contributed by atoms with Crippen molar-refractivity contribution < 1.29 is 4.79 Å². The van der Waals surface area contributed by atoms with Gasteiger partial charge in [0.15, 0.2) is 0 Å². The molecule has 2 aromatic carbocycles. The fourth-order valence-electron chi connectivity index (χ4n) is 3.60. The number of rotatable bonds is 4. The van der Waals surface area contributed by atoms with Gasteiger partial charge in [0.2, 0.25) is 5.91 Å². The molecule has 2 aliphatic rings. The number of nitrogens with one attached hydrogen (secondary N) is 1. The van der Waals surface area contributed by atoms with E-state index in [9.17, 15) is 4.79 Å². The van der Waals surface area contributed by atoms with Crippen LogP contribution in [0.15, 0.2) is 54.6 Å². The molecule has 4 rings (SSSR count). The van der Waals surface area contributed by atoms with E-state index >= 15 is 0 Å². The minimum atomic E-state index is -0.322. The zero-order valence-electron chi connectivity index (χ0n) is 14.7. The highest BCUT2D eigenvalue weighted by atomic mass is 16.2. The Bertz CT molecular complexity index is 729. The average molecular weight is 335 g/mol.